The van der Waals surface area contributed by atoms with Gasteiger partial charge in [-0.1, -0.05) is 36.4 Å². The number of piperidine rings is 1. The fourth-order valence-corrected chi connectivity index (χ4v) is 6.19. The van der Waals surface area contributed by atoms with E-state index < -0.39 is 26.3 Å². The molecule has 5 nitrogen and oxygen atoms in total. The number of carbonyl (C=O) groups is 1. The van der Waals surface area contributed by atoms with Crippen molar-refractivity contribution in [3.05, 3.63) is 65.7 Å². The zero-order valence-electron chi connectivity index (χ0n) is 18.8. The zero-order chi connectivity index (χ0) is 24.4. The quantitative estimate of drug-likeness (QED) is 0.677. The van der Waals surface area contributed by atoms with Gasteiger partial charge in [0.05, 0.1) is 21.6 Å². The van der Waals surface area contributed by atoms with Gasteiger partial charge in [-0.15, -0.1) is 0 Å². The van der Waals surface area contributed by atoms with E-state index in [0.29, 0.717) is 32.0 Å². The van der Waals surface area contributed by atoms with Gasteiger partial charge in [-0.3, -0.25) is 4.79 Å². The minimum atomic E-state index is -4.62. The Morgan fingerprint density at radius 2 is 1.67 bits per heavy atom. The topological polar surface area (TPSA) is 82.1 Å². The number of nitrogens with zero attached hydrogens (tertiary/aromatic N) is 1. The highest BCUT2D eigenvalue weighted by atomic mass is 32.2. The Kier molecular flexibility index (Phi) is 7.24. The summed E-state index contributed by atoms with van der Waals surface area (Å²) in [6, 6.07) is 13.3. The summed E-state index contributed by atoms with van der Waals surface area (Å²) >= 11 is 0. The molecule has 1 amide bonds. The number of alkyl halides is 3. The first-order valence-electron chi connectivity index (χ1n) is 10.9. The highest BCUT2D eigenvalue weighted by molar-refractivity contribution is 7.92. The predicted octanol–water partition coefficient (Wildman–Crippen LogP) is 3.87. The Bertz CT molecular complexity index is 1080. The summed E-state index contributed by atoms with van der Waals surface area (Å²) in [5.41, 5.74) is 4.08. The van der Waals surface area contributed by atoms with E-state index in [4.69, 9.17) is 0 Å². The van der Waals surface area contributed by atoms with Gasteiger partial charge in [0.15, 0.2) is 9.84 Å². The second kappa shape index (κ2) is 9.46. The van der Waals surface area contributed by atoms with E-state index >= 15 is 0 Å². The number of hydrogen-bond acceptors (Lipinski definition) is 3. The van der Waals surface area contributed by atoms with Crippen LogP contribution in [0.5, 0.6) is 0 Å². The number of halogens is 3. The molecular formula is C24H30F3N2O3S+. The van der Waals surface area contributed by atoms with Crippen LogP contribution in [0.4, 0.5) is 13.2 Å². The molecule has 2 aromatic rings. The lowest BCUT2D eigenvalue weighted by molar-refractivity contribution is -0.425. The summed E-state index contributed by atoms with van der Waals surface area (Å²) in [7, 11) is -4.03. The zero-order valence-corrected chi connectivity index (χ0v) is 19.6. The molecule has 0 bridgehead atoms. The van der Waals surface area contributed by atoms with Gasteiger partial charge in [0, 0.05) is 18.7 Å². The van der Waals surface area contributed by atoms with Gasteiger partial charge in [0.2, 0.25) is 5.91 Å². The highest BCUT2D eigenvalue weighted by Gasteiger charge is 2.45. The number of sulfone groups is 1. The monoisotopic (exact) mass is 483 g/mol. The van der Waals surface area contributed by atoms with Crippen LogP contribution in [0.15, 0.2) is 59.5 Å². The van der Waals surface area contributed by atoms with Crippen molar-refractivity contribution in [1.29, 1.82) is 0 Å². The SMILES string of the molecule is CC(C)(C1CCN(C(=O)C[C@@H]([NH3+])c2ccccc2)CC1)S(=O)(=O)c1cccc(C(F)(F)F)c1. The summed E-state index contributed by atoms with van der Waals surface area (Å²) in [6.45, 7) is 3.94. The van der Waals surface area contributed by atoms with E-state index in [1.54, 1.807) is 18.7 Å². The van der Waals surface area contributed by atoms with Crippen LogP contribution in [0.1, 0.15) is 50.3 Å². The Morgan fingerprint density at radius 1 is 1.06 bits per heavy atom. The largest absolute Gasteiger partial charge is 0.416 e. The molecule has 3 rings (SSSR count). The van der Waals surface area contributed by atoms with Crippen molar-refractivity contribution in [3.63, 3.8) is 0 Å². The van der Waals surface area contributed by atoms with E-state index in [-0.39, 0.29) is 29.2 Å². The first-order chi connectivity index (χ1) is 15.3. The maximum atomic E-state index is 13.3. The Labute approximate surface area is 192 Å². The van der Waals surface area contributed by atoms with Crippen molar-refractivity contribution in [2.75, 3.05) is 13.1 Å². The van der Waals surface area contributed by atoms with E-state index in [2.05, 4.69) is 5.73 Å². The second-order valence-electron chi connectivity index (χ2n) is 9.10. The molecule has 180 valence electrons. The highest BCUT2D eigenvalue weighted by Crippen LogP contribution is 2.39. The number of rotatable bonds is 6. The molecular weight excluding hydrogens is 453 g/mol. The molecule has 1 fully saturated rings. The predicted molar refractivity (Wildman–Crippen MR) is 119 cm³/mol. The third kappa shape index (κ3) is 5.41. The molecule has 3 N–H and O–H groups in total. The van der Waals surface area contributed by atoms with Gasteiger partial charge in [-0.25, -0.2) is 8.42 Å². The van der Waals surface area contributed by atoms with Crippen LogP contribution < -0.4 is 5.73 Å². The van der Waals surface area contributed by atoms with Crippen molar-refractivity contribution in [1.82, 2.24) is 4.90 Å². The maximum absolute atomic E-state index is 13.3. The molecule has 1 heterocycles. The fourth-order valence-electron chi connectivity index (χ4n) is 4.37. The molecule has 1 atom stereocenters. The molecule has 0 saturated carbocycles. The van der Waals surface area contributed by atoms with Crippen LogP contribution >= 0.6 is 0 Å². The van der Waals surface area contributed by atoms with Crippen LogP contribution in [0.25, 0.3) is 0 Å². The Morgan fingerprint density at radius 3 is 2.24 bits per heavy atom. The average Bonchev–Trinajstić information content (AvgIpc) is 2.79. The van der Waals surface area contributed by atoms with Gasteiger partial charge in [-0.05, 0) is 50.8 Å². The van der Waals surface area contributed by atoms with E-state index in [9.17, 15) is 26.4 Å². The van der Waals surface area contributed by atoms with Crippen LogP contribution in [0, 0.1) is 5.92 Å². The van der Waals surface area contributed by atoms with Crippen molar-refractivity contribution in [3.8, 4) is 0 Å². The van der Waals surface area contributed by atoms with Crippen molar-refractivity contribution in [2.24, 2.45) is 5.92 Å². The third-order valence-electron chi connectivity index (χ3n) is 6.69. The van der Waals surface area contributed by atoms with E-state index in [1.807, 2.05) is 30.3 Å². The third-order valence-corrected chi connectivity index (χ3v) is 9.28. The summed E-state index contributed by atoms with van der Waals surface area (Å²) in [4.78, 5) is 14.1. The normalized spacial score (nSPS) is 17.1. The molecule has 0 radical (unpaired) electrons. The van der Waals surface area contributed by atoms with Crippen molar-refractivity contribution < 1.29 is 32.1 Å². The van der Waals surface area contributed by atoms with Gasteiger partial charge in [0.25, 0.3) is 0 Å². The molecule has 0 spiro atoms. The maximum Gasteiger partial charge on any atom is 0.416 e. The minimum Gasteiger partial charge on any atom is -0.351 e. The number of amides is 1. The first kappa shape index (κ1) is 25.2. The molecule has 1 aliphatic heterocycles. The molecule has 0 aromatic heterocycles. The lowest BCUT2D eigenvalue weighted by atomic mass is 9.85. The van der Waals surface area contributed by atoms with Gasteiger partial charge in [0.1, 0.15) is 6.04 Å². The van der Waals surface area contributed by atoms with Crippen LogP contribution in [0.3, 0.4) is 0 Å². The Hall–Kier alpha value is -2.39. The minimum absolute atomic E-state index is 0.0316. The fraction of sp³-hybridized carbons (Fsp3) is 0.458. The van der Waals surface area contributed by atoms with E-state index in [1.165, 1.54) is 6.07 Å². The van der Waals surface area contributed by atoms with Crippen molar-refractivity contribution >= 4 is 15.7 Å². The second-order valence-corrected chi connectivity index (χ2v) is 11.6. The number of carbonyl (C=O) groups excluding carboxylic acids is 1. The molecule has 1 aliphatic rings. The van der Waals surface area contributed by atoms with Gasteiger partial charge < -0.3 is 10.6 Å². The molecule has 9 heteroatoms. The number of likely N-dealkylation sites (tertiary alicyclic amines) is 1. The standard InChI is InChI=1S/C24H29F3N2O3S/c1-23(2,33(31,32)20-10-6-9-19(15-20)24(25,26)27)18-11-13-29(14-12-18)22(30)16-21(28)17-7-4-3-5-8-17/h3-10,15,18,21H,11-14,16,28H2,1-2H3/p+1/t21-/m1/s1. The number of quaternary nitrogens is 1. The smallest absolute Gasteiger partial charge is 0.351 e. The van der Waals surface area contributed by atoms with Crippen LogP contribution in [-0.4, -0.2) is 37.1 Å². The lowest BCUT2D eigenvalue weighted by Crippen LogP contribution is -2.56. The first-order valence-corrected chi connectivity index (χ1v) is 12.4. The molecule has 2 aromatic carbocycles. The van der Waals surface area contributed by atoms with E-state index in [0.717, 1.165) is 17.7 Å². The average molecular weight is 484 g/mol. The summed E-state index contributed by atoms with van der Waals surface area (Å²) in [6.07, 6.45) is -3.43. The summed E-state index contributed by atoms with van der Waals surface area (Å²) in [5, 5.41) is 0. The molecule has 0 unspecified atom stereocenters. The lowest BCUT2D eigenvalue weighted by Gasteiger charge is -2.40. The molecule has 0 aliphatic carbocycles. The van der Waals surface area contributed by atoms with Crippen LogP contribution in [0.2, 0.25) is 0 Å². The van der Waals surface area contributed by atoms with Crippen molar-refractivity contribution in [2.45, 2.75) is 55.0 Å². The summed E-state index contributed by atoms with van der Waals surface area (Å²) < 4.78 is 64.6. The summed E-state index contributed by atoms with van der Waals surface area (Å²) in [5.74, 6) is -0.318. The molecule has 1 saturated heterocycles. The Balaban J connectivity index is 1.67. The van der Waals surface area contributed by atoms with Crippen LogP contribution in [-0.2, 0) is 20.8 Å². The number of benzene rings is 2. The van der Waals surface area contributed by atoms with Gasteiger partial charge in [-0.2, -0.15) is 13.2 Å². The molecule has 33 heavy (non-hydrogen) atoms. The number of hydrogen-bond donors (Lipinski definition) is 1. The van der Waals surface area contributed by atoms with Gasteiger partial charge >= 0.3 is 6.18 Å².